The van der Waals surface area contributed by atoms with Crippen molar-refractivity contribution in [1.29, 1.82) is 0 Å². The van der Waals surface area contributed by atoms with Gasteiger partial charge in [-0.15, -0.1) is 0 Å². The molecule has 1 aliphatic heterocycles. The number of rotatable bonds is 4. The van der Waals surface area contributed by atoms with E-state index in [0.717, 1.165) is 18.8 Å². The number of nitrogens with two attached hydrogens (primary N) is 1. The van der Waals surface area contributed by atoms with Crippen LogP contribution in [0.3, 0.4) is 0 Å². The van der Waals surface area contributed by atoms with Crippen LogP contribution in [0, 0.1) is 5.41 Å². The number of nitrogens with one attached hydrogen (secondary N) is 1. The van der Waals surface area contributed by atoms with Crippen LogP contribution in [0.4, 0.5) is 11.6 Å². The van der Waals surface area contributed by atoms with Crippen LogP contribution in [-0.2, 0) is 16.1 Å². The second kappa shape index (κ2) is 5.62. The van der Waals surface area contributed by atoms with Crippen LogP contribution < -0.4 is 16.0 Å². The zero-order chi connectivity index (χ0) is 14.8. The summed E-state index contributed by atoms with van der Waals surface area (Å²) in [4.78, 5) is 22.5. The first kappa shape index (κ1) is 14.5. The molecule has 0 saturated carbocycles. The molecule has 1 aromatic heterocycles. The molecule has 20 heavy (non-hydrogen) atoms. The lowest BCUT2D eigenvalue weighted by Gasteiger charge is -2.23. The Morgan fingerprint density at radius 3 is 3.00 bits per heavy atom. The molecule has 7 heteroatoms. The fourth-order valence-corrected chi connectivity index (χ4v) is 2.50. The number of carbonyl (C=O) groups excluding carboxylic acids is 1. The molecule has 1 fully saturated rings. The minimum atomic E-state index is -0.393. The van der Waals surface area contributed by atoms with Crippen LogP contribution in [0.5, 0.6) is 0 Å². The number of nitrogen functional groups attached to an aromatic ring is 1. The van der Waals surface area contributed by atoms with Crippen molar-refractivity contribution in [1.82, 2.24) is 15.3 Å². The van der Waals surface area contributed by atoms with E-state index in [1.807, 2.05) is 6.92 Å². The minimum absolute atomic E-state index is 0.0548. The third-order valence-electron chi connectivity index (χ3n) is 3.62. The van der Waals surface area contributed by atoms with Crippen LogP contribution in [0.1, 0.15) is 19.2 Å². The minimum Gasteiger partial charge on any atom is -0.384 e. The lowest BCUT2D eigenvalue weighted by Crippen LogP contribution is -2.39. The number of anilines is 2. The van der Waals surface area contributed by atoms with Crippen molar-refractivity contribution in [2.45, 2.75) is 20.0 Å². The van der Waals surface area contributed by atoms with Gasteiger partial charge >= 0.3 is 0 Å². The van der Waals surface area contributed by atoms with Gasteiger partial charge in [0.25, 0.3) is 0 Å². The summed E-state index contributed by atoms with van der Waals surface area (Å²) in [7, 11) is 3.25. The molecular formula is C13H21N5O2. The summed E-state index contributed by atoms with van der Waals surface area (Å²) >= 11 is 0. The lowest BCUT2D eigenvalue weighted by atomic mass is 9.89. The third-order valence-corrected chi connectivity index (χ3v) is 3.62. The van der Waals surface area contributed by atoms with E-state index in [1.54, 1.807) is 20.2 Å². The molecule has 0 bridgehead atoms. The molecule has 2 rings (SSSR count). The molecule has 7 nitrogen and oxygen atoms in total. The van der Waals surface area contributed by atoms with Crippen molar-refractivity contribution in [2.24, 2.45) is 5.41 Å². The Labute approximate surface area is 118 Å². The molecule has 2 heterocycles. The van der Waals surface area contributed by atoms with Gasteiger partial charge < -0.3 is 20.7 Å². The summed E-state index contributed by atoms with van der Waals surface area (Å²) in [6.07, 6.45) is 0.788. The topological polar surface area (TPSA) is 93.4 Å². The van der Waals surface area contributed by atoms with E-state index in [-0.39, 0.29) is 5.91 Å². The number of methoxy groups -OCH3 is 1. The summed E-state index contributed by atoms with van der Waals surface area (Å²) < 4.78 is 5.03. The van der Waals surface area contributed by atoms with Crippen LogP contribution in [0.2, 0.25) is 0 Å². The SMILES string of the molecule is CNC(=O)C1(C)CCN(c2cc(N)nc(COC)n2)C1. The molecule has 1 atom stereocenters. The summed E-state index contributed by atoms with van der Waals surface area (Å²) in [5.74, 6) is 1.77. The molecule has 0 radical (unpaired) electrons. The Morgan fingerprint density at radius 2 is 2.35 bits per heavy atom. The molecule has 1 unspecified atom stereocenters. The smallest absolute Gasteiger partial charge is 0.227 e. The first-order valence-electron chi connectivity index (χ1n) is 6.58. The van der Waals surface area contributed by atoms with Gasteiger partial charge in [0.2, 0.25) is 5.91 Å². The van der Waals surface area contributed by atoms with E-state index < -0.39 is 5.41 Å². The number of amides is 1. The van der Waals surface area contributed by atoms with Gasteiger partial charge in [0.05, 0.1) is 5.41 Å². The fraction of sp³-hybridized carbons (Fsp3) is 0.615. The largest absolute Gasteiger partial charge is 0.384 e. The summed E-state index contributed by atoms with van der Waals surface area (Å²) in [5, 5.41) is 2.72. The monoisotopic (exact) mass is 279 g/mol. The summed E-state index contributed by atoms with van der Waals surface area (Å²) in [6.45, 7) is 3.67. The Balaban J connectivity index is 2.19. The van der Waals surface area contributed by atoms with Gasteiger partial charge in [0.1, 0.15) is 18.2 Å². The molecule has 1 saturated heterocycles. The maximum absolute atomic E-state index is 11.9. The van der Waals surface area contributed by atoms with Gasteiger partial charge in [-0.25, -0.2) is 9.97 Å². The molecule has 110 valence electrons. The van der Waals surface area contributed by atoms with Crippen molar-refractivity contribution in [2.75, 3.05) is 37.9 Å². The highest BCUT2D eigenvalue weighted by Gasteiger charge is 2.40. The van der Waals surface area contributed by atoms with Crippen LogP contribution in [-0.4, -0.2) is 43.1 Å². The number of ether oxygens (including phenoxy) is 1. The second-order valence-electron chi connectivity index (χ2n) is 5.31. The van der Waals surface area contributed by atoms with Crippen molar-refractivity contribution in [3.05, 3.63) is 11.9 Å². The first-order chi connectivity index (χ1) is 9.48. The van der Waals surface area contributed by atoms with E-state index in [0.29, 0.717) is 24.8 Å². The van der Waals surface area contributed by atoms with Gasteiger partial charge in [0.15, 0.2) is 5.82 Å². The van der Waals surface area contributed by atoms with Crippen molar-refractivity contribution >= 4 is 17.5 Å². The van der Waals surface area contributed by atoms with Gasteiger partial charge in [0, 0.05) is 33.3 Å². The highest BCUT2D eigenvalue weighted by Crippen LogP contribution is 2.33. The Kier molecular flexibility index (Phi) is 4.08. The van der Waals surface area contributed by atoms with E-state index in [2.05, 4.69) is 20.2 Å². The molecule has 0 aliphatic carbocycles. The van der Waals surface area contributed by atoms with E-state index in [1.165, 1.54) is 0 Å². The highest BCUT2D eigenvalue weighted by atomic mass is 16.5. The average molecular weight is 279 g/mol. The number of hydrogen-bond donors (Lipinski definition) is 2. The normalized spacial score (nSPS) is 22.1. The fourth-order valence-electron chi connectivity index (χ4n) is 2.50. The van der Waals surface area contributed by atoms with E-state index in [9.17, 15) is 4.79 Å². The molecular weight excluding hydrogens is 258 g/mol. The third kappa shape index (κ3) is 2.82. The predicted molar refractivity (Wildman–Crippen MR) is 76.2 cm³/mol. The molecule has 1 aromatic rings. The van der Waals surface area contributed by atoms with Crippen molar-refractivity contribution in [3.8, 4) is 0 Å². The Bertz CT molecular complexity index is 508. The second-order valence-corrected chi connectivity index (χ2v) is 5.31. The van der Waals surface area contributed by atoms with Crippen molar-refractivity contribution < 1.29 is 9.53 Å². The molecule has 0 aromatic carbocycles. The average Bonchev–Trinajstić information content (AvgIpc) is 2.81. The lowest BCUT2D eigenvalue weighted by molar-refractivity contribution is -0.128. The van der Waals surface area contributed by atoms with E-state index >= 15 is 0 Å². The Morgan fingerprint density at radius 1 is 1.60 bits per heavy atom. The zero-order valence-electron chi connectivity index (χ0n) is 12.1. The summed E-state index contributed by atoms with van der Waals surface area (Å²) in [6, 6.07) is 1.73. The molecule has 1 aliphatic rings. The molecule has 1 amide bonds. The van der Waals surface area contributed by atoms with E-state index in [4.69, 9.17) is 10.5 Å². The zero-order valence-corrected chi connectivity index (χ0v) is 12.1. The van der Waals surface area contributed by atoms with Gasteiger partial charge in [-0.1, -0.05) is 0 Å². The summed E-state index contributed by atoms with van der Waals surface area (Å²) in [5.41, 5.74) is 5.41. The van der Waals surface area contributed by atoms with Crippen LogP contribution in [0.15, 0.2) is 6.07 Å². The quantitative estimate of drug-likeness (QED) is 0.816. The maximum atomic E-state index is 11.9. The number of carbonyl (C=O) groups is 1. The number of hydrogen-bond acceptors (Lipinski definition) is 6. The number of nitrogens with zero attached hydrogens (tertiary/aromatic N) is 3. The highest BCUT2D eigenvalue weighted by molar-refractivity contribution is 5.83. The maximum Gasteiger partial charge on any atom is 0.227 e. The predicted octanol–water partition coefficient (Wildman–Crippen LogP) is 0.168. The molecule has 3 N–H and O–H groups in total. The van der Waals surface area contributed by atoms with Gasteiger partial charge in [-0.2, -0.15) is 0 Å². The van der Waals surface area contributed by atoms with Gasteiger partial charge in [-0.05, 0) is 13.3 Å². The van der Waals surface area contributed by atoms with Crippen LogP contribution >= 0.6 is 0 Å². The number of aromatic nitrogens is 2. The van der Waals surface area contributed by atoms with Crippen molar-refractivity contribution in [3.63, 3.8) is 0 Å². The standard InChI is InChI=1S/C13H21N5O2/c1-13(12(19)15-2)4-5-18(8-13)11-6-9(14)16-10(17-11)7-20-3/h6H,4-5,7-8H2,1-3H3,(H,15,19)(H2,14,16,17). The Hall–Kier alpha value is -1.89. The van der Waals surface area contributed by atoms with Crippen LogP contribution in [0.25, 0.3) is 0 Å². The first-order valence-corrected chi connectivity index (χ1v) is 6.58. The molecule has 0 spiro atoms. The van der Waals surface area contributed by atoms with Gasteiger partial charge in [-0.3, -0.25) is 4.79 Å².